The van der Waals surface area contributed by atoms with Crippen molar-refractivity contribution < 1.29 is 0 Å². The summed E-state index contributed by atoms with van der Waals surface area (Å²) < 4.78 is 1.62. The Hall–Kier alpha value is -2.87. The highest BCUT2D eigenvalue weighted by Crippen LogP contribution is 2.30. The molecule has 28 heavy (non-hydrogen) atoms. The summed E-state index contributed by atoms with van der Waals surface area (Å²) >= 11 is 0. The first-order chi connectivity index (χ1) is 13.4. The van der Waals surface area contributed by atoms with Crippen LogP contribution < -0.4 is 22.1 Å². The minimum Gasteiger partial charge on any atom is -0.370 e. The Balaban J connectivity index is 1.61. The van der Waals surface area contributed by atoms with Gasteiger partial charge in [0.2, 0.25) is 0 Å². The second-order valence-electron chi connectivity index (χ2n) is 7.54. The molecule has 0 saturated carbocycles. The van der Waals surface area contributed by atoms with Crippen molar-refractivity contribution in [1.29, 1.82) is 5.41 Å². The second kappa shape index (κ2) is 8.43. The number of rotatable bonds is 8. The van der Waals surface area contributed by atoms with Crippen LogP contribution in [0.15, 0.2) is 35.3 Å². The fraction of sp³-hybridized carbons (Fsp3) is 0.450. The number of aromatic amines is 1. The average Bonchev–Trinajstić information content (AvgIpc) is 3.06. The van der Waals surface area contributed by atoms with Gasteiger partial charge in [0.1, 0.15) is 5.65 Å². The van der Waals surface area contributed by atoms with E-state index in [2.05, 4.69) is 46.6 Å². The molecule has 150 valence electrons. The van der Waals surface area contributed by atoms with Crippen molar-refractivity contribution in [3.8, 4) is 0 Å². The highest BCUT2D eigenvalue weighted by atomic mass is 16.1. The number of hydrogen-bond acceptors (Lipinski definition) is 4. The molecule has 2 aromatic heterocycles. The molecule has 0 amide bonds. The van der Waals surface area contributed by atoms with Crippen molar-refractivity contribution in [3.05, 3.63) is 46.7 Å². The van der Waals surface area contributed by atoms with Crippen LogP contribution in [0.5, 0.6) is 0 Å². The Morgan fingerprint density at radius 2 is 2.29 bits per heavy atom. The van der Waals surface area contributed by atoms with Crippen molar-refractivity contribution in [3.63, 3.8) is 0 Å². The predicted octanol–water partition coefficient (Wildman–Crippen LogP) is 1.56. The minimum absolute atomic E-state index is 0.00209. The van der Waals surface area contributed by atoms with Gasteiger partial charge in [-0.25, -0.2) is 4.79 Å². The lowest BCUT2D eigenvalue weighted by Gasteiger charge is -2.28. The first-order valence-electron chi connectivity index (χ1n) is 9.70. The monoisotopic (exact) mass is 383 g/mol. The number of aromatic nitrogens is 3. The van der Waals surface area contributed by atoms with Crippen LogP contribution in [0.1, 0.15) is 32.4 Å². The van der Waals surface area contributed by atoms with Gasteiger partial charge in [-0.2, -0.15) is 4.98 Å². The third-order valence-corrected chi connectivity index (χ3v) is 5.03. The maximum Gasteiger partial charge on any atom is 0.354 e. The molecular weight excluding hydrogens is 354 g/mol. The van der Waals surface area contributed by atoms with E-state index in [4.69, 9.17) is 11.1 Å². The zero-order valence-electron chi connectivity index (χ0n) is 16.5. The summed E-state index contributed by atoms with van der Waals surface area (Å²) in [4.78, 5) is 19.8. The van der Waals surface area contributed by atoms with E-state index < -0.39 is 0 Å². The third kappa shape index (κ3) is 4.69. The summed E-state index contributed by atoms with van der Waals surface area (Å²) in [6.07, 6.45) is 10.7. The van der Waals surface area contributed by atoms with Gasteiger partial charge in [-0.1, -0.05) is 26.0 Å². The first kappa shape index (κ1) is 19.9. The average molecular weight is 384 g/mol. The lowest BCUT2D eigenvalue weighted by Crippen LogP contribution is -2.35. The number of nitrogens with two attached hydrogens (primary N) is 1. The number of nitrogens with one attached hydrogen (secondary N) is 4. The van der Waals surface area contributed by atoms with Gasteiger partial charge in [0.15, 0.2) is 5.96 Å². The predicted molar refractivity (Wildman–Crippen MR) is 113 cm³/mol. The Bertz CT molecular complexity index is 969. The van der Waals surface area contributed by atoms with Gasteiger partial charge in [0, 0.05) is 41.5 Å². The summed E-state index contributed by atoms with van der Waals surface area (Å²) in [5.41, 5.74) is 7.57. The standard InChI is InChI=1S/C20H29N7O/c1-3-15-11-14-12-27(19(28)26-17(14)25-15)16-5-7-20(2,8-6-16)13-23-9-4-10-24-18(21)22/h5-7,11-12,23H,3-4,8-10,13H2,1-2H3,(H4,21,22,24)(H,25,26,28). The van der Waals surface area contributed by atoms with Crippen molar-refractivity contribution in [2.75, 3.05) is 19.6 Å². The molecule has 6 N–H and O–H groups in total. The van der Waals surface area contributed by atoms with E-state index in [9.17, 15) is 4.79 Å². The molecule has 8 heteroatoms. The van der Waals surface area contributed by atoms with Crippen LogP contribution in [0.25, 0.3) is 16.7 Å². The van der Waals surface area contributed by atoms with Crippen LogP contribution in [-0.4, -0.2) is 40.1 Å². The SMILES string of the molecule is CCc1cc2cn(C3=CCC(C)(CNCCCNC(=N)N)C=C3)c(=O)nc2[nH]1. The summed E-state index contributed by atoms with van der Waals surface area (Å²) in [6.45, 7) is 6.65. The van der Waals surface area contributed by atoms with E-state index in [1.165, 1.54) is 0 Å². The summed E-state index contributed by atoms with van der Waals surface area (Å²) in [6, 6.07) is 2.04. The van der Waals surface area contributed by atoms with Crippen molar-refractivity contribution in [2.24, 2.45) is 11.1 Å². The molecular formula is C20H29N7O. The molecule has 2 aromatic rings. The number of nitrogens with zero attached hydrogens (tertiary/aromatic N) is 2. The van der Waals surface area contributed by atoms with Crippen LogP contribution in [0.3, 0.4) is 0 Å². The topological polar surface area (TPSA) is 125 Å². The molecule has 1 unspecified atom stereocenters. The van der Waals surface area contributed by atoms with Gasteiger partial charge >= 0.3 is 5.69 Å². The normalized spacial score (nSPS) is 19.0. The van der Waals surface area contributed by atoms with Gasteiger partial charge in [-0.15, -0.1) is 0 Å². The Labute approximate surface area is 164 Å². The van der Waals surface area contributed by atoms with Gasteiger partial charge in [0.05, 0.1) is 0 Å². The largest absolute Gasteiger partial charge is 0.370 e. The number of aryl methyl sites for hydroxylation is 1. The van der Waals surface area contributed by atoms with E-state index in [1.807, 2.05) is 18.3 Å². The van der Waals surface area contributed by atoms with Gasteiger partial charge in [-0.3, -0.25) is 9.98 Å². The molecule has 2 heterocycles. The van der Waals surface area contributed by atoms with E-state index in [1.54, 1.807) is 4.57 Å². The first-order valence-corrected chi connectivity index (χ1v) is 9.70. The maximum atomic E-state index is 12.4. The number of hydrogen-bond donors (Lipinski definition) is 5. The lowest BCUT2D eigenvalue weighted by atomic mass is 9.83. The van der Waals surface area contributed by atoms with Crippen LogP contribution >= 0.6 is 0 Å². The van der Waals surface area contributed by atoms with Crippen LogP contribution in [0, 0.1) is 10.8 Å². The molecule has 1 atom stereocenters. The molecule has 0 saturated heterocycles. The van der Waals surface area contributed by atoms with E-state index >= 15 is 0 Å². The zero-order chi connectivity index (χ0) is 20.1. The fourth-order valence-electron chi connectivity index (χ4n) is 3.31. The molecule has 0 bridgehead atoms. The van der Waals surface area contributed by atoms with Crippen molar-refractivity contribution in [1.82, 2.24) is 25.2 Å². The number of fused-ring (bicyclic) bond motifs is 1. The Kier molecular flexibility index (Phi) is 5.99. The van der Waals surface area contributed by atoms with Gasteiger partial charge in [-0.05, 0) is 37.9 Å². The molecule has 1 aliphatic rings. The molecule has 0 spiro atoms. The summed E-state index contributed by atoms with van der Waals surface area (Å²) in [7, 11) is 0. The number of guanidine groups is 1. The van der Waals surface area contributed by atoms with Crippen LogP contribution in [-0.2, 0) is 6.42 Å². The quantitative estimate of drug-likeness (QED) is 0.269. The second-order valence-corrected chi connectivity index (χ2v) is 7.54. The molecule has 0 aromatic carbocycles. The highest BCUT2D eigenvalue weighted by molar-refractivity contribution is 5.77. The van der Waals surface area contributed by atoms with Crippen molar-refractivity contribution >= 4 is 22.7 Å². The lowest BCUT2D eigenvalue weighted by molar-refractivity contribution is 0.393. The molecule has 0 aliphatic heterocycles. The van der Waals surface area contributed by atoms with Gasteiger partial charge in [0.25, 0.3) is 0 Å². The zero-order valence-corrected chi connectivity index (χ0v) is 16.5. The molecule has 8 nitrogen and oxygen atoms in total. The fourth-order valence-corrected chi connectivity index (χ4v) is 3.31. The van der Waals surface area contributed by atoms with Crippen LogP contribution in [0.4, 0.5) is 0 Å². The minimum atomic E-state index is -0.271. The molecule has 3 rings (SSSR count). The maximum absolute atomic E-state index is 12.4. The Morgan fingerprint density at radius 1 is 1.46 bits per heavy atom. The summed E-state index contributed by atoms with van der Waals surface area (Å²) in [5, 5.41) is 14.3. The molecule has 0 fully saturated rings. The highest BCUT2D eigenvalue weighted by Gasteiger charge is 2.23. The number of allylic oxidation sites excluding steroid dienone is 3. The van der Waals surface area contributed by atoms with Crippen molar-refractivity contribution in [2.45, 2.75) is 33.1 Å². The number of H-pyrrole nitrogens is 1. The summed E-state index contributed by atoms with van der Waals surface area (Å²) in [5.74, 6) is 0.00770. The van der Waals surface area contributed by atoms with E-state index in [-0.39, 0.29) is 17.1 Å². The molecule has 0 radical (unpaired) electrons. The molecule has 1 aliphatic carbocycles. The smallest absolute Gasteiger partial charge is 0.354 e. The van der Waals surface area contributed by atoms with Crippen LogP contribution in [0.2, 0.25) is 0 Å². The third-order valence-electron chi connectivity index (χ3n) is 5.03. The van der Waals surface area contributed by atoms with E-state index in [0.717, 1.165) is 49.1 Å². The van der Waals surface area contributed by atoms with E-state index in [0.29, 0.717) is 12.2 Å². The Morgan fingerprint density at radius 3 is 2.96 bits per heavy atom. The van der Waals surface area contributed by atoms with Gasteiger partial charge < -0.3 is 21.4 Å².